The monoisotopic (exact) mass is 305 g/mol. The van der Waals surface area contributed by atoms with Gasteiger partial charge < -0.3 is 20.3 Å². The van der Waals surface area contributed by atoms with Crippen molar-refractivity contribution in [1.82, 2.24) is 5.32 Å². The number of urea groups is 1. The van der Waals surface area contributed by atoms with E-state index in [2.05, 4.69) is 21.6 Å². The molecule has 1 saturated heterocycles. The molecular formula is C17H27N3O2. The van der Waals surface area contributed by atoms with E-state index in [0.717, 1.165) is 18.8 Å². The van der Waals surface area contributed by atoms with E-state index in [1.54, 1.807) is 7.11 Å². The summed E-state index contributed by atoms with van der Waals surface area (Å²) in [6.45, 7) is 4.61. The molecule has 0 unspecified atom stereocenters. The maximum absolute atomic E-state index is 11.9. The lowest BCUT2D eigenvalue weighted by atomic mass is 10.2. The summed E-state index contributed by atoms with van der Waals surface area (Å²) in [5, 5.41) is 5.74. The molecule has 0 spiro atoms. The lowest BCUT2D eigenvalue weighted by Gasteiger charge is -2.23. The number of ether oxygens (including phenoxy) is 1. The number of nitrogens with zero attached hydrogens (tertiary/aromatic N) is 1. The predicted molar refractivity (Wildman–Crippen MR) is 90.6 cm³/mol. The minimum absolute atomic E-state index is 0.0150. The van der Waals surface area contributed by atoms with Gasteiger partial charge in [0.05, 0.1) is 12.6 Å². The second-order valence-corrected chi connectivity index (χ2v) is 5.91. The molecule has 2 rings (SSSR count). The van der Waals surface area contributed by atoms with Gasteiger partial charge in [0.1, 0.15) is 0 Å². The molecular weight excluding hydrogens is 278 g/mol. The van der Waals surface area contributed by atoms with E-state index in [1.165, 1.54) is 31.4 Å². The van der Waals surface area contributed by atoms with Crippen LogP contribution >= 0.6 is 0 Å². The third-order valence-electron chi connectivity index (χ3n) is 3.87. The van der Waals surface area contributed by atoms with Gasteiger partial charge in [0.2, 0.25) is 0 Å². The van der Waals surface area contributed by atoms with Gasteiger partial charge in [0.15, 0.2) is 0 Å². The fourth-order valence-corrected chi connectivity index (χ4v) is 2.79. The van der Waals surface area contributed by atoms with Crippen LogP contribution in [-0.2, 0) is 4.74 Å². The number of amides is 2. The van der Waals surface area contributed by atoms with Crippen molar-refractivity contribution >= 4 is 17.4 Å². The van der Waals surface area contributed by atoms with Crippen LogP contribution in [0.4, 0.5) is 16.2 Å². The fraction of sp³-hybridized carbons (Fsp3) is 0.588. The molecule has 1 aliphatic rings. The van der Waals surface area contributed by atoms with Gasteiger partial charge in [-0.15, -0.1) is 0 Å². The minimum atomic E-state index is -0.197. The number of nitrogens with one attached hydrogen (secondary N) is 2. The Labute approximate surface area is 133 Å². The second-order valence-electron chi connectivity index (χ2n) is 5.91. The first-order valence-electron chi connectivity index (χ1n) is 8.10. The summed E-state index contributed by atoms with van der Waals surface area (Å²) in [5.74, 6) is 0. The molecule has 22 heavy (non-hydrogen) atoms. The van der Waals surface area contributed by atoms with Crippen LogP contribution in [0.3, 0.4) is 0 Å². The molecule has 1 fully saturated rings. The van der Waals surface area contributed by atoms with Gasteiger partial charge in [-0.3, -0.25) is 0 Å². The maximum atomic E-state index is 11.9. The number of carbonyl (C=O) groups excluding carboxylic acids is 1. The van der Waals surface area contributed by atoms with Crippen LogP contribution in [0.1, 0.15) is 32.6 Å². The topological polar surface area (TPSA) is 53.6 Å². The molecule has 1 aromatic carbocycles. The number of hydrogen-bond donors (Lipinski definition) is 2. The van der Waals surface area contributed by atoms with Crippen LogP contribution in [0.2, 0.25) is 0 Å². The molecule has 2 amide bonds. The molecule has 0 bridgehead atoms. The molecule has 1 heterocycles. The van der Waals surface area contributed by atoms with E-state index in [9.17, 15) is 4.79 Å². The Morgan fingerprint density at radius 1 is 1.27 bits per heavy atom. The zero-order chi connectivity index (χ0) is 15.8. The number of carbonyl (C=O) groups is 1. The van der Waals surface area contributed by atoms with E-state index in [4.69, 9.17) is 4.74 Å². The van der Waals surface area contributed by atoms with Crippen LogP contribution in [0.15, 0.2) is 24.3 Å². The molecule has 1 atom stereocenters. The van der Waals surface area contributed by atoms with Crippen molar-refractivity contribution in [3.05, 3.63) is 24.3 Å². The highest BCUT2D eigenvalue weighted by Crippen LogP contribution is 2.22. The Morgan fingerprint density at radius 3 is 2.68 bits per heavy atom. The zero-order valence-electron chi connectivity index (χ0n) is 13.6. The van der Waals surface area contributed by atoms with E-state index in [0.29, 0.717) is 6.61 Å². The third kappa shape index (κ3) is 5.22. The summed E-state index contributed by atoms with van der Waals surface area (Å²) < 4.78 is 5.02. The molecule has 0 saturated carbocycles. The van der Waals surface area contributed by atoms with Gasteiger partial charge in [-0.05, 0) is 38.0 Å². The normalized spacial score (nSPS) is 16.7. The lowest BCUT2D eigenvalue weighted by molar-refractivity contribution is 0.173. The Hall–Kier alpha value is -1.75. The molecule has 5 nitrogen and oxygen atoms in total. The highest BCUT2D eigenvalue weighted by atomic mass is 16.5. The largest absolute Gasteiger partial charge is 0.383 e. The smallest absolute Gasteiger partial charge is 0.319 e. The average molecular weight is 305 g/mol. The predicted octanol–water partition coefficient (Wildman–Crippen LogP) is 3.22. The molecule has 0 radical (unpaired) electrons. The van der Waals surface area contributed by atoms with E-state index in [1.807, 2.05) is 25.1 Å². The Morgan fingerprint density at radius 2 is 2.00 bits per heavy atom. The van der Waals surface area contributed by atoms with Gasteiger partial charge in [0, 0.05) is 31.6 Å². The first kappa shape index (κ1) is 16.6. The van der Waals surface area contributed by atoms with Crippen molar-refractivity contribution < 1.29 is 9.53 Å². The first-order valence-corrected chi connectivity index (χ1v) is 8.10. The van der Waals surface area contributed by atoms with Crippen molar-refractivity contribution in [1.29, 1.82) is 0 Å². The summed E-state index contributed by atoms with van der Waals surface area (Å²) in [5.41, 5.74) is 2.01. The standard InChI is InChI=1S/C17H27N3O2/c1-14(13-22-2)18-17(21)19-15-8-7-9-16(12-15)20-10-5-3-4-6-11-20/h7-9,12,14H,3-6,10-11,13H2,1-2H3,(H2,18,19,21)/t14-/m1/s1. The summed E-state index contributed by atoms with van der Waals surface area (Å²) in [7, 11) is 1.63. The van der Waals surface area contributed by atoms with Gasteiger partial charge in [-0.1, -0.05) is 18.9 Å². The van der Waals surface area contributed by atoms with Crippen LogP contribution in [0, 0.1) is 0 Å². The summed E-state index contributed by atoms with van der Waals surface area (Å²) in [4.78, 5) is 14.4. The van der Waals surface area contributed by atoms with Crippen LogP contribution in [-0.4, -0.2) is 38.9 Å². The van der Waals surface area contributed by atoms with Gasteiger partial charge in [-0.25, -0.2) is 4.79 Å². The average Bonchev–Trinajstić information content (AvgIpc) is 2.76. The maximum Gasteiger partial charge on any atom is 0.319 e. The van der Waals surface area contributed by atoms with Gasteiger partial charge in [0.25, 0.3) is 0 Å². The summed E-state index contributed by atoms with van der Waals surface area (Å²) in [6, 6.07) is 7.86. The molecule has 5 heteroatoms. The van der Waals surface area contributed by atoms with E-state index in [-0.39, 0.29) is 12.1 Å². The Kier molecular flexibility index (Phi) is 6.52. The SMILES string of the molecule is COC[C@@H](C)NC(=O)Nc1cccc(N2CCCCCC2)c1. The molecule has 0 aromatic heterocycles. The van der Waals surface area contributed by atoms with Gasteiger partial charge in [-0.2, -0.15) is 0 Å². The summed E-state index contributed by atoms with van der Waals surface area (Å²) in [6.07, 6.45) is 5.11. The third-order valence-corrected chi connectivity index (χ3v) is 3.87. The Balaban J connectivity index is 1.94. The number of benzene rings is 1. The van der Waals surface area contributed by atoms with Crippen molar-refractivity contribution in [3.8, 4) is 0 Å². The molecule has 0 aliphatic carbocycles. The van der Waals surface area contributed by atoms with Crippen LogP contribution < -0.4 is 15.5 Å². The minimum Gasteiger partial charge on any atom is -0.383 e. The fourth-order valence-electron chi connectivity index (χ4n) is 2.79. The number of hydrogen-bond acceptors (Lipinski definition) is 3. The molecule has 122 valence electrons. The van der Waals surface area contributed by atoms with Gasteiger partial charge >= 0.3 is 6.03 Å². The molecule has 1 aliphatic heterocycles. The lowest BCUT2D eigenvalue weighted by Crippen LogP contribution is -2.38. The second kappa shape index (κ2) is 8.63. The Bertz CT molecular complexity index is 471. The summed E-state index contributed by atoms with van der Waals surface area (Å²) >= 11 is 0. The van der Waals surface area contributed by atoms with Crippen molar-refractivity contribution in [2.45, 2.75) is 38.6 Å². The number of methoxy groups -OCH3 is 1. The van der Waals surface area contributed by atoms with Crippen molar-refractivity contribution in [2.24, 2.45) is 0 Å². The first-order chi connectivity index (χ1) is 10.7. The molecule has 2 N–H and O–H groups in total. The highest BCUT2D eigenvalue weighted by Gasteiger charge is 2.11. The zero-order valence-corrected chi connectivity index (χ0v) is 13.6. The van der Waals surface area contributed by atoms with Crippen LogP contribution in [0.5, 0.6) is 0 Å². The highest BCUT2D eigenvalue weighted by molar-refractivity contribution is 5.90. The van der Waals surface area contributed by atoms with Crippen LogP contribution in [0.25, 0.3) is 0 Å². The van der Waals surface area contributed by atoms with E-state index >= 15 is 0 Å². The van der Waals surface area contributed by atoms with E-state index < -0.39 is 0 Å². The number of anilines is 2. The van der Waals surface area contributed by atoms with Crippen molar-refractivity contribution in [2.75, 3.05) is 37.0 Å². The quantitative estimate of drug-likeness (QED) is 0.878. The number of rotatable bonds is 5. The molecule has 1 aromatic rings. The van der Waals surface area contributed by atoms with Crippen molar-refractivity contribution in [3.63, 3.8) is 0 Å².